The first-order valence-corrected chi connectivity index (χ1v) is 11.9. The van der Waals surface area contributed by atoms with Gasteiger partial charge in [-0.25, -0.2) is 4.98 Å². The van der Waals surface area contributed by atoms with E-state index >= 15 is 0 Å². The first-order chi connectivity index (χ1) is 14.8. The molecule has 1 atom stereocenters. The Balaban J connectivity index is 1.52. The summed E-state index contributed by atoms with van der Waals surface area (Å²) >= 11 is 0. The zero-order valence-corrected chi connectivity index (χ0v) is 18.3. The molecule has 2 aliphatic rings. The molecule has 2 aromatic heterocycles. The summed E-state index contributed by atoms with van der Waals surface area (Å²) in [4.78, 5) is 14.2. The lowest BCUT2D eigenvalue weighted by Crippen LogP contribution is -2.23. The number of pyridine rings is 1. The molecule has 0 radical (unpaired) electrons. The van der Waals surface area contributed by atoms with Gasteiger partial charge in [0.2, 0.25) is 5.95 Å². The van der Waals surface area contributed by atoms with Crippen molar-refractivity contribution in [2.75, 3.05) is 30.3 Å². The van der Waals surface area contributed by atoms with Crippen molar-refractivity contribution in [1.82, 2.24) is 20.3 Å². The second kappa shape index (κ2) is 10.7. The molecule has 2 aromatic rings. The van der Waals surface area contributed by atoms with Gasteiger partial charge >= 0.3 is 0 Å². The number of nitrogens with zero attached hydrogens (tertiary/aromatic N) is 3. The van der Waals surface area contributed by atoms with Crippen molar-refractivity contribution in [3.63, 3.8) is 0 Å². The summed E-state index contributed by atoms with van der Waals surface area (Å²) in [6.45, 7) is 5.36. The molecule has 6 heteroatoms. The first kappa shape index (κ1) is 21.0. The van der Waals surface area contributed by atoms with Crippen molar-refractivity contribution in [2.45, 2.75) is 70.8 Å². The van der Waals surface area contributed by atoms with Crippen molar-refractivity contribution in [1.29, 1.82) is 0 Å². The van der Waals surface area contributed by atoms with Crippen LogP contribution in [0, 0.1) is 5.92 Å². The average Bonchev–Trinajstić information content (AvgIpc) is 3.29. The molecule has 0 bridgehead atoms. The predicted octanol–water partition coefficient (Wildman–Crippen LogP) is 4.65. The summed E-state index contributed by atoms with van der Waals surface area (Å²) in [5.74, 6) is 2.35. The molecule has 3 heterocycles. The molecule has 1 saturated carbocycles. The van der Waals surface area contributed by atoms with E-state index in [0.717, 1.165) is 61.9 Å². The molecule has 1 aliphatic heterocycles. The maximum Gasteiger partial charge on any atom is 0.224 e. The van der Waals surface area contributed by atoms with Crippen LogP contribution in [0.5, 0.6) is 0 Å². The smallest absolute Gasteiger partial charge is 0.224 e. The molecule has 1 unspecified atom stereocenters. The van der Waals surface area contributed by atoms with Crippen LogP contribution in [0.1, 0.15) is 63.9 Å². The highest BCUT2D eigenvalue weighted by molar-refractivity contribution is 5.72. The molecule has 1 saturated heterocycles. The lowest BCUT2D eigenvalue weighted by Gasteiger charge is -2.24. The van der Waals surface area contributed by atoms with Gasteiger partial charge in [0.05, 0.1) is 11.3 Å². The number of hydrogen-bond donors (Lipinski definition) is 3. The zero-order valence-electron chi connectivity index (χ0n) is 18.3. The molecule has 0 aromatic carbocycles. The molecule has 1 aliphatic carbocycles. The van der Waals surface area contributed by atoms with E-state index in [1.54, 1.807) is 0 Å². The second-order valence-electron chi connectivity index (χ2n) is 8.83. The summed E-state index contributed by atoms with van der Waals surface area (Å²) < 4.78 is 0. The van der Waals surface area contributed by atoms with E-state index in [4.69, 9.17) is 9.97 Å². The minimum absolute atomic E-state index is 0.491. The van der Waals surface area contributed by atoms with Gasteiger partial charge in [-0.1, -0.05) is 38.7 Å². The minimum Gasteiger partial charge on any atom is -0.367 e. The normalized spacial score (nSPS) is 19.7. The van der Waals surface area contributed by atoms with E-state index in [1.807, 2.05) is 12.4 Å². The predicted molar refractivity (Wildman–Crippen MR) is 124 cm³/mol. The van der Waals surface area contributed by atoms with Gasteiger partial charge in [-0.05, 0) is 62.7 Å². The summed E-state index contributed by atoms with van der Waals surface area (Å²) in [6, 6.07) is 4.84. The Labute approximate surface area is 180 Å². The fourth-order valence-electron chi connectivity index (χ4n) is 4.51. The van der Waals surface area contributed by atoms with Gasteiger partial charge in [-0.3, -0.25) is 4.98 Å². The number of rotatable bonds is 9. The fraction of sp³-hybridized carbons (Fsp3) is 0.625. The minimum atomic E-state index is 0.491. The Hall–Kier alpha value is -2.21. The monoisotopic (exact) mass is 408 g/mol. The van der Waals surface area contributed by atoms with Crippen molar-refractivity contribution in [2.24, 2.45) is 5.92 Å². The number of aromatic nitrogens is 3. The highest BCUT2D eigenvalue weighted by Gasteiger charge is 2.18. The molecule has 0 spiro atoms. The zero-order chi connectivity index (χ0) is 20.6. The molecule has 6 nitrogen and oxygen atoms in total. The summed E-state index contributed by atoms with van der Waals surface area (Å²) in [5.41, 5.74) is 3.26. The fourth-order valence-corrected chi connectivity index (χ4v) is 4.51. The Morgan fingerprint density at radius 1 is 1.07 bits per heavy atom. The summed E-state index contributed by atoms with van der Waals surface area (Å²) in [5, 5.41) is 10.5. The van der Waals surface area contributed by atoms with Crippen LogP contribution in [0.4, 0.5) is 11.8 Å². The van der Waals surface area contributed by atoms with Gasteiger partial charge < -0.3 is 16.0 Å². The van der Waals surface area contributed by atoms with E-state index in [1.165, 1.54) is 44.1 Å². The Morgan fingerprint density at radius 2 is 1.97 bits per heavy atom. The first-order valence-electron chi connectivity index (χ1n) is 11.9. The SMILES string of the molecule is CCCCNc1ncc(-c2ccc(CC3CCNC3)cn2)c(NC2CCCCC2)n1. The third-order valence-electron chi connectivity index (χ3n) is 6.34. The summed E-state index contributed by atoms with van der Waals surface area (Å²) in [6.07, 6.45) is 15.0. The van der Waals surface area contributed by atoms with Gasteiger partial charge in [-0.15, -0.1) is 0 Å². The maximum absolute atomic E-state index is 4.84. The third-order valence-corrected chi connectivity index (χ3v) is 6.34. The Kier molecular flexibility index (Phi) is 7.51. The number of unbranched alkanes of at least 4 members (excludes halogenated alkanes) is 1. The highest BCUT2D eigenvalue weighted by atomic mass is 15.1. The molecule has 4 rings (SSSR count). The molecule has 3 N–H and O–H groups in total. The van der Waals surface area contributed by atoms with E-state index < -0.39 is 0 Å². The number of nitrogens with one attached hydrogen (secondary N) is 3. The average molecular weight is 409 g/mol. The van der Waals surface area contributed by atoms with Crippen LogP contribution in [0.25, 0.3) is 11.3 Å². The van der Waals surface area contributed by atoms with Crippen molar-refractivity contribution < 1.29 is 0 Å². The number of hydrogen-bond acceptors (Lipinski definition) is 6. The molecule has 30 heavy (non-hydrogen) atoms. The second-order valence-corrected chi connectivity index (χ2v) is 8.83. The van der Waals surface area contributed by atoms with Gasteiger partial charge in [0.15, 0.2) is 0 Å². The van der Waals surface area contributed by atoms with Gasteiger partial charge in [0.25, 0.3) is 0 Å². The van der Waals surface area contributed by atoms with Crippen LogP contribution in [0.2, 0.25) is 0 Å². The topological polar surface area (TPSA) is 74.8 Å². The molecular formula is C24H36N6. The summed E-state index contributed by atoms with van der Waals surface area (Å²) in [7, 11) is 0. The van der Waals surface area contributed by atoms with E-state index in [0.29, 0.717) is 12.0 Å². The molecule has 2 fully saturated rings. The van der Waals surface area contributed by atoms with Crippen LogP contribution < -0.4 is 16.0 Å². The van der Waals surface area contributed by atoms with Crippen LogP contribution in [0.15, 0.2) is 24.5 Å². The van der Waals surface area contributed by atoms with Crippen molar-refractivity contribution in [3.05, 3.63) is 30.1 Å². The Bertz CT molecular complexity index is 779. The molecule has 0 amide bonds. The highest BCUT2D eigenvalue weighted by Crippen LogP contribution is 2.29. The third kappa shape index (κ3) is 5.69. The van der Waals surface area contributed by atoms with E-state index in [9.17, 15) is 0 Å². The molecular weight excluding hydrogens is 372 g/mol. The maximum atomic E-state index is 4.84. The van der Waals surface area contributed by atoms with Crippen LogP contribution in [-0.4, -0.2) is 40.6 Å². The van der Waals surface area contributed by atoms with E-state index in [2.05, 4.69) is 40.0 Å². The lowest BCUT2D eigenvalue weighted by atomic mass is 9.95. The van der Waals surface area contributed by atoms with Crippen LogP contribution in [0.3, 0.4) is 0 Å². The van der Waals surface area contributed by atoms with Gasteiger partial charge in [0.1, 0.15) is 5.82 Å². The number of anilines is 2. The largest absolute Gasteiger partial charge is 0.367 e. The standard InChI is InChI=1S/C24H36N6/c1-2-3-12-26-24-28-17-21(23(30-24)29-20-7-5-4-6-8-20)22-10-9-18(16-27-22)14-19-11-13-25-15-19/h9-10,16-17,19-20,25H,2-8,11-15H2,1H3,(H2,26,28,29,30). The van der Waals surface area contributed by atoms with E-state index in [-0.39, 0.29) is 0 Å². The lowest BCUT2D eigenvalue weighted by molar-refractivity contribution is 0.462. The van der Waals surface area contributed by atoms with Gasteiger partial charge in [-0.2, -0.15) is 4.98 Å². The quantitative estimate of drug-likeness (QED) is 0.525. The van der Waals surface area contributed by atoms with Crippen LogP contribution in [-0.2, 0) is 6.42 Å². The molecule has 162 valence electrons. The van der Waals surface area contributed by atoms with Gasteiger partial charge in [0, 0.05) is 25.0 Å². The van der Waals surface area contributed by atoms with Crippen molar-refractivity contribution >= 4 is 11.8 Å². The van der Waals surface area contributed by atoms with Crippen LogP contribution >= 0.6 is 0 Å². The van der Waals surface area contributed by atoms with Crippen molar-refractivity contribution in [3.8, 4) is 11.3 Å². The Morgan fingerprint density at radius 3 is 2.70 bits per heavy atom.